The van der Waals surface area contributed by atoms with Gasteiger partial charge in [-0.1, -0.05) is 43.0 Å². The van der Waals surface area contributed by atoms with E-state index in [1.54, 1.807) is 12.1 Å². The summed E-state index contributed by atoms with van der Waals surface area (Å²) in [6, 6.07) is 14.6. The van der Waals surface area contributed by atoms with Crippen LogP contribution in [0.3, 0.4) is 0 Å². The Balaban J connectivity index is 2.04. The van der Waals surface area contributed by atoms with Gasteiger partial charge in [0, 0.05) is 6.07 Å². The zero-order chi connectivity index (χ0) is 15.8. The van der Waals surface area contributed by atoms with Crippen molar-refractivity contribution in [2.75, 3.05) is 6.61 Å². The molecule has 0 aliphatic heterocycles. The number of aromatic nitrogens is 1. The molecule has 0 amide bonds. The highest BCUT2D eigenvalue weighted by Gasteiger charge is 2.17. The Morgan fingerprint density at radius 3 is 2.64 bits per heavy atom. The van der Waals surface area contributed by atoms with Gasteiger partial charge in [0.1, 0.15) is 5.76 Å². The normalized spacial score (nSPS) is 11.7. The van der Waals surface area contributed by atoms with Crippen LogP contribution in [0.5, 0.6) is 5.88 Å². The second kappa shape index (κ2) is 8.17. The first kappa shape index (κ1) is 16.0. The maximum absolute atomic E-state index is 13.2. The summed E-state index contributed by atoms with van der Waals surface area (Å²) in [5.74, 6) is 0.199. The van der Waals surface area contributed by atoms with Gasteiger partial charge in [0.05, 0.1) is 6.61 Å². The summed E-state index contributed by atoms with van der Waals surface area (Å²) in [6.45, 7) is 6.31. The van der Waals surface area contributed by atoms with Crippen LogP contribution in [0.1, 0.15) is 18.9 Å². The van der Waals surface area contributed by atoms with Crippen molar-refractivity contribution in [1.29, 1.82) is 0 Å². The summed E-state index contributed by atoms with van der Waals surface area (Å²) in [4.78, 5) is 3.72. The molecule has 4 heteroatoms. The largest absolute Gasteiger partial charge is 0.495 e. The monoisotopic (exact) mass is 301 g/mol. The number of hydrogen-bond donors (Lipinski definition) is 0. The third-order valence-corrected chi connectivity index (χ3v) is 3.18. The number of nitrogens with zero attached hydrogens (tertiary/aromatic N) is 1. The van der Waals surface area contributed by atoms with E-state index in [0.717, 1.165) is 6.42 Å². The van der Waals surface area contributed by atoms with E-state index in [1.165, 1.54) is 11.6 Å². The van der Waals surface area contributed by atoms with E-state index >= 15 is 0 Å². The summed E-state index contributed by atoms with van der Waals surface area (Å²) >= 11 is 0. The lowest BCUT2D eigenvalue weighted by Gasteiger charge is -2.20. The van der Waals surface area contributed by atoms with Gasteiger partial charge in [0.15, 0.2) is 6.10 Å². The second-order valence-electron chi connectivity index (χ2n) is 4.83. The standard InChI is InChI=1S/C18H20FNO2/c1-3-21-14(2)16(13-12-15-8-5-4-6-9-15)22-18-11-7-10-17(19)20-18/h4-11,16H,2-3,12-13H2,1H3/t16-/m1/s1. The maximum Gasteiger partial charge on any atom is 0.216 e. The molecule has 1 atom stereocenters. The number of ether oxygens (including phenoxy) is 2. The van der Waals surface area contributed by atoms with Crippen molar-refractivity contribution < 1.29 is 13.9 Å². The predicted molar refractivity (Wildman–Crippen MR) is 84.1 cm³/mol. The first-order chi connectivity index (χ1) is 10.7. The molecule has 0 unspecified atom stereocenters. The van der Waals surface area contributed by atoms with Gasteiger partial charge in [-0.25, -0.2) is 0 Å². The minimum atomic E-state index is -0.568. The summed E-state index contributed by atoms with van der Waals surface area (Å²) < 4.78 is 24.4. The summed E-state index contributed by atoms with van der Waals surface area (Å²) in [6.07, 6.45) is 1.13. The van der Waals surface area contributed by atoms with Crippen LogP contribution >= 0.6 is 0 Å². The molecule has 0 spiro atoms. The molecule has 0 saturated heterocycles. The van der Waals surface area contributed by atoms with E-state index in [-0.39, 0.29) is 12.0 Å². The zero-order valence-electron chi connectivity index (χ0n) is 12.7. The Hall–Kier alpha value is -2.36. The molecule has 0 saturated carbocycles. The zero-order valence-corrected chi connectivity index (χ0v) is 12.7. The summed E-state index contributed by atoms with van der Waals surface area (Å²) in [5.41, 5.74) is 1.20. The van der Waals surface area contributed by atoms with Gasteiger partial charge in [-0.15, -0.1) is 0 Å². The molecule has 22 heavy (non-hydrogen) atoms. The van der Waals surface area contributed by atoms with Gasteiger partial charge < -0.3 is 9.47 Å². The third-order valence-electron chi connectivity index (χ3n) is 3.18. The molecule has 0 aliphatic carbocycles. The topological polar surface area (TPSA) is 31.4 Å². The highest BCUT2D eigenvalue weighted by molar-refractivity contribution is 5.16. The number of rotatable bonds is 8. The van der Waals surface area contributed by atoms with E-state index in [1.807, 2.05) is 25.1 Å². The van der Waals surface area contributed by atoms with E-state index in [0.29, 0.717) is 18.8 Å². The summed E-state index contributed by atoms with van der Waals surface area (Å²) in [5, 5.41) is 0. The van der Waals surface area contributed by atoms with E-state index in [9.17, 15) is 4.39 Å². The Morgan fingerprint density at radius 1 is 1.18 bits per heavy atom. The fourth-order valence-electron chi connectivity index (χ4n) is 2.11. The molecule has 0 fully saturated rings. The first-order valence-electron chi connectivity index (χ1n) is 7.33. The molecule has 1 heterocycles. The number of hydrogen-bond acceptors (Lipinski definition) is 3. The maximum atomic E-state index is 13.2. The van der Waals surface area contributed by atoms with Crippen LogP contribution in [-0.4, -0.2) is 17.7 Å². The molecule has 116 valence electrons. The SMILES string of the molecule is C=C(OCC)[C@@H](CCc1ccccc1)Oc1cccc(F)n1. The van der Waals surface area contributed by atoms with Gasteiger partial charge in [-0.3, -0.25) is 0 Å². The van der Waals surface area contributed by atoms with Crippen LogP contribution in [-0.2, 0) is 11.2 Å². The fraction of sp³-hybridized carbons (Fsp3) is 0.278. The Morgan fingerprint density at radius 2 is 1.95 bits per heavy atom. The van der Waals surface area contributed by atoms with Crippen molar-refractivity contribution in [3.8, 4) is 5.88 Å². The molecule has 2 rings (SSSR count). The molecule has 0 radical (unpaired) electrons. The number of benzene rings is 1. The van der Waals surface area contributed by atoms with Crippen LogP contribution in [0.15, 0.2) is 60.9 Å². The lowest BCUT2D eigenvalue weighted by molar-refractivity contribution is 0.115. The highest BCUT2D eigenvalue weighted by atomic mass is 19.1. The molecule has 0 aliphatic rings. The van der Waals surface area contributed by atoms with Gasteiger partial charge in [-0.2, -0.15) is 9.37 Å². The van der Waals surface area contributed by atoms with E-state index < -0.39 is 5.95 Å². The first-order valence-corrected chi connectivity index (χ1v) is 7.33. The minimum absolute atomic E-state index is 0.235. The summed E-state index contributed by atoms with van der Waals surface area (Å²) in [7, 11) is 0. The number of pyridine rings is 1. The Bertz CT molecular complexity index is 601. The number of halogens is 1. The Kier molecular flexibility index (Phi) is 5.95. The average Bonchev–Trinajstić information content (AvgIpc) is 2.52. The van der Waals surface area contributed by atoms with Crippen LogP contribution in [0.4, 0.5) is 4.39 Å². The number of aryl methyl sites for hydroxylation is 1. The van der Waals surface area contributed by atoms with E-state index in [4.69, 9.17) is 9.47 Å². The van der Waals surface area contributed by atoms with Gasteiger partial charge in [0.25, 0.3) is 0 Å². The smallest absolute Gasteiger partial charge is 0.216 e. The molecule has 1 aromatic heterocycles. The Labute approximate surface area is 130 Å². The lowest BCUT2D eigenvalue weighted by atomic mass is 10.1. The molecule has 0 bridgehead atoms. The van der Waals surface area contributed by atoms with Crippen molar-refractivity contribution in [1.82, 2.24) is 4.98 Å². The van der Waals surface area contributed by atoms with Crippen molar-refractivity contribution in [2.24, 2.45) is 0 Å². The molecule has 2 aromatic rings. The van der Waals surface area contributed by atoms with E-state index in [2.05, 4.69) is 23.7 Å². The molecular formula is C18H20FNO2. The van der Waals surface area contributed by atoms with Crippen LogP contribution in [0.25, 0.3) is 0 Å². The third kappa shape index (κ3) is 4.88. The second-order valence-corrected chi connectivity index (χ2v) is 4.83. The molecule has 0 N–H and O–H groups in total. The minimum Gasteiger partial charge on any atom is -0.495 e. The van der Waals surface area contributed by atoms with Gasteiger partial charge in [0.2, 0.25) is 11.8 Å². The average molecular weight is 301 g/mol. The van der Waals surface area contributed by atoms with Crippen LogP contribution in [0.2, 0.25) is 0 Å². The predicted octanol–water partition coefficient (Wildman–Crippen LogP) is 4.15. The van der Waals surface area contributed by atoms with Crippen molar-refractivity contribution in [3.63, 3.8) is 0 Å². The van der Waals surface area contributed by atoms with Crippen LogP contribution in [0, 0.1) is 5.95 Å². The fourth-order valence-corrected chi connectivity index (χ4v) is 2.11. The van der Waals surface area contributed by atoms with Crippen molar-refractivity contribution in [2.45, 2.75) is 25.9 Å². The van der Waals surface area contributed by atoms with Gasteiger partial charge in [-0.05, 0) is 31.4 Å². The van der Waals surface area contributed by atoms with Crippen molar-refractivity contribution >= 4 is 0 Å². The van der Waals surface area contributed by atoms with Gasteiger partial charge >= 0.3 is 0 Å². The molecular weight excluding hydrogens is 281 g/mol. The quantitative estimate of drug-likeness (QED) is 0.542. The highest BCUT2D eigenvalue weighted by Crippen LogP contribution is 2.18. The van der Waals surface area contributed by atoms with Crippen molar-refractivity contribution in [3.05, 3.63) is 72.4 Å². The molecule has 3 nitrogen and oxygen atoms in total. The van der Waals surface area contributed by atoms with Crippen LogP contribution < -0.4 is 4.74 Å². The lowest BCUT2D eigenvalue weighted by Crippen LogP contribution is -2.22. The molecule has 1 aromatic carbocycles.